The fourth-order valence-electron chi connectivity index (χ4n) is 4.87. The Morgan fingerprint density at radius 3 is 1.58 bits per heavy atom. The van der Waals surface area contributed by atoms with Crippen LogP contribution < -0.4 is 0 Å². The molecule has 2 rings (SSSR count). The molecule has 0 aromatic rings. The molecule has 0 radical (unpaired) electrons. The summed E-state index contributed by atoms with van der Waals surface area (Å²) < 4.78 is 0. The highest BCUT2D eigenvalue weighted by Gasteiger charge is 2.23. The quantitative estimate of drug-likeness (QED) is 0.428. The van der Waals surface area contributed by atoms with Crippen molar-refractivity contribution in [2.24, 2.45) is 35.5 Å². The number of rotatable bonds is 5. The molecule has 0 spiro atoms. The predicted octanol–water partition coefficient (Wildman–Crippen LogP) is 9.05. The summed E-state index contributed by atoms with van der Waals surface area (Å²) in [4.78, 5) is 0. The molecule has 0 N–H and O–H groups in total. The Labute approximate surface area is 166 Å². The first-order valence-electron chi connectivity index (χ1n) is 11.9. The van der Waals surface area contributed by atoms with Crippen molar-refractivity contribution in [3.63, 3.8) is 0 Å². The van der Waals surface area contributed by atoms with Crippen molar-refractivity contribution < 1.29 is 0 Å². The summed E-state index contributed by atoms with van der Waals surface area (Å²) in [5.41, 5.74) is 3.30. The molecule has 0 saturated heterocycles. The van der Waals surface area contributed by atoms with Crippen LogP contribution in [-0.4, -0.2) is 0 Å². The Bertz CT molecular complexity index is 376. The van der Waals surface area contributed by atoms with E-state index >= 15 is 0 Å². The van der Waals surface area contributed by atoms with Gasteiger partial charge in [0.2, 0.25) is 0 Å². The molecule has 2 aliphatic rings. The van der Waals surface area contributed by atoms with Crippen LogP contribution in [0.3, 0.4) is 0 Å². The molecule has 0 bridgehead atoms. The van der Waals surface area contributed by atoms with Gasteiger partial charge in [-0.2, -0.15) is 0 Å². The van der Waals surface area contributed by atoms with Crippen molar-refractivity contribution in [3.05, 3.63) is 11.1 Å². The molecular weight excluding hydrogens is 312 g/mol. The molecular formula is C26H50. The van der Waals surface area contributed by atoms with Crippen LogP contribution in [0.1, 0.15) is 120 Å². The van der Waals surface area contributed by atoms with E-state index in [4.69, 9.17) is 0 Å². The lowest BCUT2D eigenvalue weighted by molar-refractivity contribution is 0.211. The van der Waals surface area contributed by atoms with Crippen LogP contribution in [0.2, 0.25) is 0 Å². The zero-order valence-corrected chi connectivity index (χ0v) is 19.5. The van der Waals surface area contributed by atoms with Crippen LogP contribution in [0.25, 0.3) is 0 Å². The fourth-order valence-corrected chi connectivity index (χ4v) is 4.87. The Balaban J connectivity index is 0.000000263. The van der Waals surface area contributed by atoms with Crippen LogP contribution in [0.4, 0.5) is 0 Å². The highest BCUT2D eigenvalue weighted by Crippen LogP contribution is 2.36. The zero-order valence-electron chi connectivity index (χ0n) is 19.5. The summed E-state index contributed by atoms with van der Waals surface area (Å²) in [5.74, 6) is 5.80. The topological polar surface area (TPSA) is 0 Å². The Morgan fingerprint density at radius 2 is 1.19 bits per heavy atom. The molecule has 0 aromatic heterocycles. The van der Waals surface area contributed by atoms with Gasteiger partial charge in [-0.3, -0.25) is 0 Å². The lowest BCUT2D eigenvalue weighted by Gasteiger charge is -2.31. The maximum atomic E-state index is 2.39. The van der Waals surface area contributed by atoms with Gasteiger partial charge >= 0.3 is 0 Å². The molecule has 0 atom stereocenters. The van der Waals surface area contributed by atoms with Crippen LogP contribution in [0, 0.1) is 35.5 Å². The van der Waals surface area contributed by atoms with E-state index in [9.17, 15) is 0 Å². The minimum Gasteiger partial charge on any atom is -0.0772 e. The lowest BCUT2D eigenvalue weighted by Crippen LogP contribution is -2.18. The molecule has 26 heavy (non-hydrogen) atoms. The van der Waals surface area contributed by atoms with Gasteiger partial charge in [0.1, 0.15) is 0 Å². The molecule has 2 saturated carbocycles. The average molecular weight is 363 g/mol. The number of hydrogen-bond donors (Lipinski definition) is 0. The Hall–Kier alpha value is -0.260. The molecule has 2 fully saturated rings. The fraction of sp³-hybridized carbons (Fsp3) is 0.923. The molecule has 0 heteroatoms. The third-order valence-corrected chi connectivity index (χ3v) is 7.27. The highest BCUT2D eigenvalue weighted by atomic mass is 14.3. The van der Waals surface area contributed by atoms with Gasteiger partial charge in [-0.1, -0.05) is 78.4 Å². The van der Waals surface area contributed by atoms with Crippen LogP contribution >= 0.6 is 0 Å². The monoisotopic (exact) mass is 362 g/mol. The normalized spacial score (nSPS) is 26.9. The van der Waals surface area contributed by atoms with Gasteiger partial charge < -0.3 is 0 Å². The first kappa shape index (κ1) is 23.8. The minimum atomic E-state index is 0.892. The molecule has 0 heterocycles. The molecule has 0 aromatic carbocycles. The van der Waals surface area contributed by atoms with Crippen molar-refractivity contribution in [3.8, 4) is 0 Å². The van der Waals surface area contributed by atoms with E-state index in [0.29, 0.717) is 0 Å². The highest BCUT2D eigenvalue weighted by molar-refractivity contribution is 5.12. The van der Waals surface area contributed by atoms with Gasteiger partial charge in [-0.05, 0) is 87.9 Å². The standard InChI is InChI=1S/C14H28.C12H22/c1-11(2)5-6-13-7-9-14(10-8-13)12(3)4;1-9(2)11-5-7-12(8-6-11)10(3)4/h11-14H,5-10H2,1-4H3;9,11H,5-8H2,1-4H3. The van der Waals surface area contributed by atoms with E-state index in [2.05, 4.69) is 55.4 Å². The molecule has 0 nitrogen and oxygen atoms in total. The van der Waals surface area contributed by atoms with E-state index in [1.807, 2.05) is 0 Å². The van der Waals surface area contributed by atoms with Crippen molar-refractivity contribution >= 4 is 0 Å². The second-order valence-corrected chi connectivity index (χ2v) is 10.7. The lowest BCUT2D eigenvalue weighted by atomic mass is 9.75. The van der Waals surface area contributed by atoms with E-state index in [-0.39, 0.29) is 0 Å². The van der Waals surface area contributed by atoms with Crippen LogP contribution in [0.5, 0.6) is 0 Å². The Kier molecular flexibility index (Phi) is 11.2. The maximum Gasteiger partial charge on any atom is -0.0315 e. The molecule has 0 amide bonds. The number of allylic oxidation sites excluding steroid dienone is 2. The smallest absolute Gasteiger partial charge is 0.0315 e. The minimum absolute atomic E-state index is 0.892. The van der Waals surface area contributed by atoms with E-state index < -0.39 is 0 Å². The SMILES string of the molecule is CC(C)=C1CCC(C(C)C)CC1.CC(C)CCC1CCC(C(C)C)CC1. The van der Waals surface area contributed by atoms with Gasteiger partial charge in [0, 0.05) is 0 Å². The first-order chi connectivity index (χ1) is 12.2. The van der Waals surface area contributed by atoms with E-state index in [1.165, 1.54) is 64.2 Å². The van der Waals surface area contributed by atoms with Crippen LogP contribution in [-0.2, 0) is 0 Å². The summed E-state index contributed by atoms with van der Waals surface area (Å²) in [7, 11) is 0. The van der Waals surface area contributed by atoms with Crippen LogP contribution in [0.15, 0.2) is 11.1 Å². The second-order valence-electron chi connectivity index (χ2n) is 10.7. The summed E-state index contributed by atoms with van der Waals surface area (Å²) in [6.45, 7) is 18.7. The van der Waals surface area contributed by atoms with Gasteiger partial charge in [0.05, 0.1) is 0 Å². The predicted molar refractivity (Wildman–Crippen MR) is 120 cm³/mol. The van der Waals surface area contributed by atoms with Gasteiger partial charge in [0.15, 0.2) is 0 Å². The van der Waals surface area contributed by atoms with Crippen molar-refractivity contribution in [1.29, 1.82) is 0 Å². The largest absolute Gasteiger partial charge is 0.0772 e. The van der Waals surface area contributed by atoms with Crippen molar-refractivity contribution in [1.82, 2.24) is 0 Å². The van der Waals surface area contributed by atoms with Gasteiger partial charge in [0.25, 0.3) is 0 Å². The number of hydrogen-bond acceptors (Lipinski definition) is 0. The summed E-state index contributed by atoms with van der Waals surface area (Å²) in [6.07, 6.45) is 14.5. The molecule has 0 aliphatic heterocycles. The molecule has 154 valence electrons. The van der Waals surface area contributed by atoms with Gasteiger partial charge in [-0.15, -0.1) is 0 Å². The third-order valence-electron chi connectivity index (χ3n) is 7.27. The second kappa shape index (κ2) is 12.2. The molecule has 2 aliphatic carbocycles. The Morgan fingerprint density at radius 1 is 0.731 bits per heavy atom. The zero-order chi connectivity index (χ0) is 19.7. The summed E-state index contributed by atoms with van der Waals surface area (Å²) in [6, 6.07) is 0. The summed E-state index contributed by atoms with van der Waals surface area (Å²) >= 11 is 0. The van der Waals surface area contributed by atoms with E-state index in [1.54, 1.807) is 11.1 Å². The average Bonchev–Trinajstić information content (AvgIpc) is 2.60. The van der Waals surface area contributed by atoms with Crippen molar-refractivity contribution in [2.45, 2.75) is 120 Å². The van der Waals surface area contributed by atoms with Gasteiger partial charge in [-0.25, -0.2) is 0 Å². The van der Waals surface area contributed by atoms with Crippen molar-refractivity contribution in [2.75, 3.05) is 0 Å². The summed E-state index contributed by atoms with van der Waals surface area (Å²) in [5, 5.41) is 0. The third kappa shape index (κ3) is 9.09. The maximum absolute atomic E-state index is 2.39. The molecule has 0 unspecified atom stereocenters. The van der Waals surface area contributed by atoms with E-state index in [0.717, 1.165) is 35.5 Å². The first-order valence-corrected chi connectivity index (χ1v) is 11.9.